The Hall–Kier alpha value is -2.40. The monoisotopic (exact) mass is 451 g/mol. The first-order valence-corrected chi connectivity index (χ1v) is 11.6. The molecule has 0 saturated carbocycles. The van der Waals surface area contributed by atoms with Crippen LogP contribution in [0.1, 0.15) is 25.0 Å². The first-order valence-electron chi connectivity index (χ1n) is 10.1. The quantitative estimate of drug-likeness (QED) is 0.527. The topological polar surface area (TPSA) is 118 Å². The number of amides is 1. The van der Waals surface area contributed by atoms with Crippen LogP contribution in [0, 0.1) is 5.82 Å². The highest BCUT2D eigenvalue weighted by Crippen LogP contribution is 2.23. The number of hydrogen-bond acceptors (Lipinski definition) is 6. The van der Waals surface area contributed by atoms with Crippen LogP contribution in [0.5, 0.6) is 0 Å². The number of nitrogens with zero attached hydrogens (tertiary/aromatic N) is 1. The molecule has 1 aliphatic rings. The SMILES string of the molecule is O=C(Cc1ccccn1)NCC[C@H]1CC[C@H](NS(=O)(=O)c2ccc(F)cc2)[C@H](CO)O1. The highest BCUT2D eigenvalue weighted by molar-refractivity contribution is 7.89. The molecule has 1 amide bonds. The molecule has 8 nitrogen and oxygen atoms in total. The summed E-state index contributed by atoms with van der Waals surface area (Å²) in [5.74, 6) is -0.665. The highest BCUT2D eigenvalue weighted by atomic mass is 32.2. The van der Waals surface area contributed by atoms with Crippen molar-refractivity contribution < 1.29 is 27.4 Å². The van der Waals surface area contributed by atoms with E-state index >= 15 is 0 Å². The molecule has 1 aromatic carbocycles. The van der Waals surface area contributed by atoms with Crippen molar-refractivity contribution in [3.05, 3.63) is 60.2 Å². The zero-order valence-electron chi connectivity index (χ0n) is 16.9. The standard InChI is InChI=1S/C21H26FN3O5S/c22-15-4-7-18(8-5-15)31(28,29)25-19-9-6-17(30-20(19)14-26)10-12-24-21(27)13-16-3-1-2-11-23-16/h1-5,7-8,11,17,19-20,25-26H,6,9-10,12-14H2,(H,24,27)/t17-,19+,20+/m1/s1. The molecule has 0 bridgehead atoms. The Morgan fingerprint density at radius 3 is 2.65 bits per heavy atom. The summed E-state index contributed by atoms with van der Waals surface area (Å²) in [7, 11) is -3.87. The molecular weight excluding hydrogens is 425 g/mol. The molecule has 1 fully saturated rings. The third-order valence-corrected chi connectivity index (χ3v) is 6.59. The molecule has 1 aliphatic heterocycles. The zero-order valence-corrected chi connectivity index (χ0v) is 17.7. The van der Waals surface area contributed by atoms with E-state index in [4.69, 9.17) is 4.74 Å². The van der Waals surface area contributed by atoms with Gasteiger partial charge in [-0.25, -0.2) is 17.5 Å². The van der Waals surface area contributed by atoms with E-state index in [1.54, 1.807) is 18.3 Å². The first kappa shape index (κ1) is 23.3. The van der Waals surface area contributed by atoms with Gasteiger partial charge in [-0.15, -0.1) is 0 Å². The van der Waals surface area contributed by atoms with Gasteiger partial charge in [0, 0.05) is 18.4 Å². The number of aromatic nitrogens is 1. The fourth-order valence-electron chi connectivity index (χ4n) is 3.46. The Morgan fingerprint density at radius 1 is 1.19 bits per heavy atom. The van der Waals surface area contributed by atoms with Crippen LogP contribution in [0.25, 0.3) is 0 Å². The maximum Gasteiger partial charge on any atom is 0.240 e. The van der Waals surface area contributed by atoms with E-state index < -0.39 is 28.0 Å². The lowest BCUT2D eigenvalue weighted by molar-refractivity contribution is -0.121. The maximum atomic E-state index is 13.1. The van der Waals surface area contributed by atoms with Crippen molar-refractivity contribution in [1.82, 2.24) is 15.0 Å². The van der Waals surface area contributed by atoms with Gasteiger partial charge in [-0.2, -0.15) is 0 Å². The summed E-state index contributed by atoms with van der Waals surface area (Å²) < 4.78 is 46.5. The number of ether oxygens (including phenoxy) is 1. The number of carbonyl (C=O) groups is 1. The van der Waals surface area contributed by atoms with E-state index in [-0.39, 0.29) is 29.9 Å². The Kier molecular flexibility index (Phi) is 8.08. The van der Waals surface area contributed by atoms with Crippen molar-refractivity contribution in [2.24, 2.45) is 0 Å². The molecule has 3 rings (SSSR count). The molecule has 3 atom stereocenters. The number of pyridine rings is 1. The number of halogens is 1. The number of rotatable bonds is 9. The van der Waals surface area contributed by atoms with Gasteiger partial charge in [-0.3, -0.25) is 9.78 Å². The maximum absolute atomic E-state index is 13.1. The summed E-state index contributed by atoms with van der Waals surface area (Å²) in [6.45, 7) is 0.0552. The average molecular weight is 452 g/mol. The molecule has 3 N–H and O–H groups in total. The largest absolute Gasteiger partial charge is 0.394 e. The Labute approximate surface area is 180 Å². The van der Waals surface area contributed by atoms with Crippen LogP contribution in [0.3, 0.4) is 0 Å². The Morgan fingerprint density at radius 2 is 1.97 bits per heavy atom. The number of benzene rings is 1. The minimum Gasteiger partial charge on any atom is -0.394 e. The van der Waals surface area contributed by atoms with E-state index in [0.717, 1.165) is 12.1 Å². The molecule has 168 valence electrons. The lowest BCUT2D eigenvalue weighted by Gasteiger charge is -2.36. The minimum absolute atomic E-state index is 0.0525. The molecule has 0 spiro atoms. The fourth-order valence-corrected chi connectivity index (χ4v) is 4.76. The summed E-state index contributed by atoms with van der Waals surface area (Å²) in [4.78, 5) is 16.1. The van der Waals surface area contributed by atoms with Crippen LogP contribution in [0.15, 0.2) is 53.6 Å². The van der Waals surface area contributed by atoms with Crippen LogP contribution in [-0.4, -0.2) is 55.8 Å². The van der Waals surface area contributed by atoms with Gasteiger partial charge in [0.25, 0.3) is 0 Å². The average Bonchev–Trinajstić information content (AvgIpc) is 2.75. The van der Waals surface area contributed by atoms with Crippen molar-refractivity contribution in [3.8, 4) is 0 Å². The summed E-state index contributed by atoms with van der Waals surface area (Å²) in [6.07, 6.45) is 2.49. The number of nitrogens with one attached hydrogen (secondary N) is 2. The predicted molar refractivity (Wildman–Crippen MR) is 111 cm³/mol. The third-order valence-electron chi connectivity index (χ3n) is 5.08. The summed E-state index contributed by atoms with van der Waals surface area (Å²) in [5, 5.41) is 12.5. The first-order chi connectivity index (χ1) is 14.9. The van der Waals surface area contributed by atoms with E-state index in [9.17, 15) is 22.7 Å². The van der Waals surface area contributed by atoms with Crippen molar-refractivity contribution in [3.63, 3.8) is 0 Å². The summed E-state index contributed by atoms with van der Waals surface area (Å²) >= 11 is 0. The Balaban J connectivity index is 1.46. The lowest BCUT2D eigenvalue weighted by Crippen LogP contribution is -2.51. The summed E-state index contributed by atoms with van der Waals surface area (Å²) in [6, 6.07) is 9.31. The zero-order chi connectivity index (χ0) is 22.3. The lowest BCUT2D eigenvalue weighted by atomic mass is 9.98. The summed E-state index contributed by atoms with van der Waals surface area (Å²) in [5.41, 5.74) is 0.686. The van der Waals surface area contributed by atoms with Crippen LogP contribution in [0.4, 0.5) is 4.39 Å². The molecule has 31 heavy (non-hydrogen) atoms. The van der Waals surface area contributed by atoms with Crippen molar-refractivity contribution in [2.45, 2.75) is 48.8 Å². The van der Waals surface area contributed by atoms with Crippen molar-refractivity contribution in [1.29, 1.82) is 0 Å². The smallest absolute Gasteiger partial charge is 0.240 e. The van der Waals surface area contributed by atoms with Crippen molar-refractivity contribution >= 4 is 15.9 Å². The highest BCUT2D eigenvalue weighted by Gasteiger charge is 2.33. The van der Waals surface area contributed by atoms with Gasteiger partial charge in [0.1, 0.15) is 5.82 Å². The molecule has 2 aromatic rings. The molecule has 2 heterocycles. The van der Waals surface area contributed by atoms with Crippen LogP contribution >= 0.6 is 0 Å². The fraction of sp³-hybridized carbons (Fsp3) is 0.429. The second-order valence-corrected chi connectivity index (χ2v) is 9.09. The van der Waals surface area contributed by atoms with Gasteiger partial charge in [-0.05, 0) is 55.7 Å². The normalized spacial score (nSPS) is 21.5. The van der Waals surface area contributed by atoms with Crippen LogP contribution in [0.2, 0.25) is 0 Å². The van der Waals surface area contributed by atoms with E-state index in [0.29, 0.717) is 31.5 Å². The van der Waals surface area contributed by atoms with Crippen molar-refractivity contribution in [2.75, 3.05) is 13.2 Å². The molecule has 1 aromatic heterocycles. The number of carbonyl (C=O) groups excluding carboxylic acids is 1. The van der Waals surface area contributed by atoms with E-state index in [2.05, 4.69) is 15.0 Å². The minimum atomic E-state index is -3.87. The van der Waals surface area contributed by atoms with Gasteiger partial charge in [0.15, 0.2) is 0 Å². The predicted octanol–water partition coefficient (Wildman–Crippen LogP) is 1.16. The Bertz CT molecular complexity index is 957. The molecule has 0 aliphatic carbocycles. The van der Waals surface area contributed by atoms with Gasteiger partial charge in [0.2, 0.25) is 15.9 Å². The van der Waals surface area contributed by atoms with E-state index in [1.807, 2.05) is 6.07 Å². The second-order valence-electron chi connectivity index (χ2n) is 7.37. The number of aliphatic hydroxyl groups is 1. The van der Waals surface area contributed by atoms with E-state index in [1.165, 1.54) is 12.1 Å². The molecule has 0 unspecified atom stereocenters. The number of hydrogen-bond donors (Lipinski definition) is 3. The molecule has 10 heteroatoms. The van der Waals surface area contributed by atoms with Gasteiger partial charge < -0.3 is 15.2 Å². The number of aliphatic hydroxyl groups excluding tert-OH is 1. The third kappa shape index (κ3) is 6.79. The molecule has 0 radical (unpaired) electrons. The van der Waals surface area contributed by atoms with Gasteiger partial charge in [0.05, 0.1) is 36.2 Å². The van der Waals surface area contributed by atoms with Crippen LogP contribution < -0.4 is 10.0 Å². The molecular formula is C21H26FN3O5S. The van der Waals surface area contributed by atoms with Gasteiger partial charge >= 0.3 is 0 Å². The second kappa shape index (κ2) is 10.8. The molecule has 1 saturated heterocycles. The van der Waals surface area contributed by atoms with Gasteiger partial charge in [-0.1, -0.05) is 6.07 Å². The number of sulfonamides is 1. The van der Waals surface area contributed by atoms with Crippen LogP contribution in [-0.2, 0) is 26.0 Å².